The number of nitrogens with zero attached hydrogens (tertiary/aromatic N) is 2. The Bertz CT molecular complexity index is 1030. The molecular weight excluding hydrogens is 409 g/mol. The molecule has 0 radical (unpaired) electrons. The van der Waals surface area contributed by atoms with Crippen molar-refractivity contribution in [1.82, 2.24) is 10.2 Å². The molecule has 1 heterocycles. The summed E-state index contributed by atoms with van der Waals surface area (Å²) in [5.41, 5.74) is 2.52. The summed E-state index contributed by atoms with van der Waals surface area (Å²) in [6.45, 7) is 0. The Labute approximate surface area is 164 Å². The van der Waals surface area contributed by atoms with Crippen molar-refractivity contribution < 1.29 is 8.81 Å². The van der Waals surface area contributed by atoms with Gasteiger partial charge in [-0.2, -0.15) is 0 Å². The molecule has 3 aromatic carbocycles. The van der Waals surface area contributed by atoms with Gasteiger partial charge < -0.3 is 9.73 Å². The second kappa shape index (κ2) is 7.72. The molecule has 1 atom stereocenters. The van der Waals surface area contributed by atoms with Gasteiger partial charge in [0.05, 0.1) is 0 Å². The Hall–Kier alpha value is -2.99. The van der Waals surface area contributed by atoms with E-state index in [1.165, 1.54) is 12.1 Å². The fourth-order valence-electron chi connectivity index (χ4n) is 2.73. The Morgan fingerprint density at radius 3 is 2.30 bits per heavy atom. The smallest absolute Gasteiger partial charge is 0.247 e. The lowest BCUT2D eigenvalue weighted by atomic mass is 10.1. The van der Waals surface area contributed by atoms with Crippen LogP contribution in [0.2, 0.25) is 0 Å². The molecule has 0 saturated heterocycles. The van der Waals surface area contributed by atoms with E-state index >= 15 is 0 Å². The molecule has 0 unspecified atom stereocenters. The van der Waals surface area contributed by atoms with Gasteiger partial charge in [0.2, 0.25) is 11.8 Å². The van der Waals surface area contributed by atoms with Crippen molar-refractivity contribution in [2.45, 2.75) is 6.04 Å². The summed E-state index contributed by atoms with van der Waals surface area (Å²) in [6.07, 6.45) is 0. The average molecular weight is 424 g/mol. The highest BCUT2D eigenvalue weighted by atomic mass is 79.9. The quantitative estimate of drug-likeness (QED) is 0.437. The highest BCUT2D eigenvalue weighted by Crippen LogP contribution is 2.31. The normalized spacial score (nSPS) is 11.9. The van der Waals surface area contributed by atoms with Crippen LogP contribution in [0.3, 0.4) is 0 Å². The molecule has 27 heavy (non-hydrogen) atoms. The van der Waals surface area contributed by atoms with Crippen LogP contribution in [0.1, 0.15) is 17.5 Å². The maximum absolute atomic E-state index is 13.4. The maximum atomic E-state index is 13.4. The summed E-state index contributed by atoms with van der Waals surface area (Å²) < 4.78 is 20.2. The third-order valence-electron chi connectivity index (χ3n) is 4.09. The molecule has 0 fully saturated rings. The zero-order valence-corrected chi connectivity index (χ0v) is 15.7. The number of hydrogen-bond donors (Lipinski definition) is 1. The van der Waals surface area contributed by atoms with Gasteiger partial charge in [-0.05, 0) is 57.9 Å². The van der Waals surface area contributed by atoms with Crippen LogP contribution < -0.4 is 5.32 Å². The molecule has 0 aliphatic carbocycles. The summed E-state index contributed by atoms with van der Waals surface area (Å²) >= 11 is 3.53. The highest BCUT2D eigenvalue weighted by molar-refractivity contribution is 9.10. The van der Waals surface area contributed by atoms with E-state index < -0.39 is 6.04 Å². The second-order valence-corrected chi connectivity index (χ2v) is 6.77. The van der Waals surface area contributed by atoms with Gasteiger partial charge in [-0.15, -0.1) is 10.2 Å². The van der Waals surface area contributed by atoms with E-state index in [4.69, 9.17) is 4.42 Å². The second-order valence-electron chi connectivity index (χ2n) is 5.92. The minimum atomic E-state index is -0.422. The first-order valence-electron chi connectivity index (χ1n) is 8.36. The lowest BCUT2D eigenvalue weighted by Crippen LogP contribution is -2.13. The maximum Gasteiger partial charge on any atom is 0.247 e. The van der Waals surface area contributed by atoms with Gasteiger partial charge in [0, 0.05) is 15.7 Å². The largest absolute Gasteiger partial charge is 0.418 e. The van der Waals surface area contributed by atoms with Crippen molar-refractivity contribution in [3.8, 4) is 11.5 Å². The summed E-state index contributed by atoms with van der Waals surface area (Å²) in [6, 6.07) is 23.1. The third-order valence-corrected chi connectivity index (χ3v) is 4.78. The minimum absolute atomic E-state index is 0.297. The van der Waals surface area contributed by atoms with Crippen molar-refractivity contribution in [3.63, 3.8) is 0 Å². The fraction of sp³-hybridized carbons (Fsp3) is 0.0476. The molecule has 4 aromatic rings. The Kier molecular flexibility index (Phi) is 4.98. The van der Waals surface area contributed by atoms with Gasteiger partial charge in [0.25, 0.3) is 0 Å². The van der Waals surface area contributed by atoms with Crippen LogP contribution in [0.4, 0.5) is 10.1 Å². The lowest BCUT2D eigenvalue weighted by molar-refractivity contribution is 0.493. The average Bonchev–Trinajstić information content (AvgIpc) is 3.19. The van der Waals surface area contributed by atoms with E-state index in [-0.39, 0.29) is 5.82 Å². The number of nitrogens with one attached hydrogen (secondary N) is 1. The number of anilines is 1. The molecule has 0 amide bonds. The summed E-state index contributed by atoms with van der Waals surface area (Å²) in [5.74, 6) is 0.539. The molecule has 4 nitrogen and oxygen atoms in total. The van der Waals surface area contributed by atoms with Crippen LogP contribution in [0.15, 0.2) is 87.8 Å². The van der Waals surface area contributed by atoms with Crippen LogP contribution in [0.5, 0.6) is 0 Å². The Balaban J connectivity index is 1.73. The number of benzene rings is 3. The van der Waals surface area contributed by atoms with Crippen molar-refractivity contribution >= 4 is 21.6 Å². The molecule has 0 aliphatic rings. The summed E-state index contributed by atoms with van der Waals surface area (Å²) in [7, 11) is 0. The monoisotopic (exact) mass is 423 g/mol. The first-order chi connectivity index (χ1) is 13.2. The van der Waals surface area contributed by atoms with Crippen LogP contribution in [0.25, 0.3) is 11.5 Å². The van der Waals surface area contributed by atoms with Crippen molar-refractivity contribution in [2.24, 2.45) is 0 Å². The molecule has 0 bridgehead atoms. The molecule has 0 aliphatic heterocycles. The van der Waals surface area contributed by atoms with E-state index in [1.807, 2.05) is 54.6 Å². The zero-order valence-electron chi connectivity index (χ0n) is 14.1. The predicted molar refractivity (Wildman–Crippen MR) is 106 cm³/mol. The molecule has 1 N–H and O–H groups in total. The van der Waals surface area contributed by atoms with E-state index in [0.717, 1.165) is 21.3 Å². The molecule has 0 spiro atoms. The van der Waals surface area contributed by atoms with Gasteiger partial charge in [0.15, 0.2) is 0 Å². The van der Waals surface area contributed by atoms with Gasteiger partial charge in [0.1, 0.15) is 11.9 Å². The predicted octanol–water partition coefficient (Wildman–Crippen LogP) is 5.84. The number of para-hydroxylation sites is 1. The molecule has 134 valence electrons. The first kappa shape index (κ1) is 17.4. The topological polar surface area (TPSA) is 51.0 Å². The zero-order chi connectivity index (χ0) is 18.6. The third kappa shape index (κ3) is 3.90. The van der Waals surface area contributed by atoms with Crippen LogP contribution in [-0.4, -0.2) is 10.2 Å². The molecule has 6 heteroatoms. The van der Waals surface area contributed by atoms with Gasteiger partial charge in [-0.25, -0.2) is 4.39 Å². The molecular formula is C21H15BrFN3O. The summed E-state index contributed by atoms with van der Waals surface area (Å²) in [4.78, 5) is 0. The molecule has 1 aromatic heterocycles. The van der Waals surface area contributed by atoms with Crippen molar-refractivity contribution in [2.75, 3.05) is 5.32 Å². The Morgan fingerprint density at radius 2 is 1.56 bits per heavy atom. The van der Waals surface area contributed by atoms with E-state index in [2.05, 4.69) is 31.4 Å². The van der Waals surface area contributed by atoms with Gasteiger partial charge >= 0.3 is 0 Å². The van der Waals surface area contributed by atoms with E-state index in [0.29, 0.717) is 11.8 Å². The Morgan fingerprint density at radius 1 is 0.852 bits per heavy atom. The molecule has 0 saturated carbocycles. The van der Waals surface area contributed by atoms with Crippen molar-refractivity contribution in [1.29, 1.82) is 0 Å². The fourth-order valence-corrected chi connectivity index (χ4v) is 3.12. The lowest BCUT2D eigenvalue weighted by Gasteiger charge is -2.18. The van der Waals surface area contributed by atoms with Crippen LogP contribution in [-0.2, 0) is 0 Å². The van der Waals surface area contributed by atoms with E-state index in [1.54, 1.807) is 12.1 Å². The standard InChI is InChI=1S/C21H15BrFN3O/c22-17-8-4-5-9-18(17)24-19(14-10-12-16(23)13-11-14)21-26-25-20(27-21)15-6-2-1-3-7-15/h1-13,19,24H/t19-/m1/s1. The van der Waals surface area contributed by atoms with Crippen molar-refractivity contribution in [3.05, 3.63) is 101 Å². The number of halogens is 2. The number of aromatic nitrogens is 2. The van der Waals surface area contributed by atoms with E-state index in [9.17, 15) is 4.39 Å². The number of rotatable bonds is 5. The highest BCUT2D eigenvalue weighted by Gasteiger charge is 2.22. The molecule has 4 rings (SSSR count). The minimum Gasteiger partial charge on any atom is -0.418 e. The summed E-state index contributed by atoms with van der Waals surface area (Å²) in [5, 5.41) is 11.8. The SMILES string of the molecule is Fc1ccc([C@@H](Nc2ccccc2Br)c2nnc(-c3ccccc3)o2)cc1. The number of hydrogen-bond acceptors (Lipinski definition) is 4. The van der Waals surface area contributed by atoms with Crippen LogP contribution >= 0.6 is 15.9 Å². The van der Waals surface area contributed by atoms with Gasteiger partial charge in [-0.3, -0.25) is 0 Å². The van der Waals surface area contributed by atoms with Gasteiger partial charge in [-0.1, -0.05) is 42.5 Å². The first-order valence-corrected chi connectivity index (χ1v) is 9.15. The van der Waals surface area contributed by atoms with Crippen LogP contribution in [0, 0.1) is 5.82 Å².